The van der Waals surface area contributed by atoms with Gasteiger partial charge in [0.05, 0.1) is 4.90 Å². The maximum Gasteiger partial charge on any atom is 0.240 e. The van der Waals surface area contributed by atoms with Crippen LogP contribution in [0.4, 0.5) is 0 Å². The number of nitrogens with zero attached hydrogens (tertiary/aromatic N) is 1. The van der Waals surface area contributed by atoms with Crippen LogP contribution >= 0.6 is 11.6 Å². The predicted molar refractivity (Wildman–Crippen MR) is 83.9 cm³/mol. The third-order valence-corrected chi connectivity index (χ3v) is 4.81. The molecular weight excluding hydrogens is 308 g/mol. The summed E-state index contributed by atoms with van der Waals surface area (Å²) in [7, 11) is -3.51. The Hall–Kier alpha value is -1.43. The number of pyridine rings is 1. The van der Waals surface area contributed by atoms with Crippen LogP contribution in [-0.2, 0) is 23.0 Å². The van der Waals surface area contributed by atoms with Crippen LogP contribution in [0.25, 0.3) is 0 Å². The topological polar surface area (TPSA) is 59.1 Å². The Kier molecular flexibility index (Phi) is 5.33. The van der Waals surface area contributed by atoms with E-state index in [1.807, 2.05) is 6.92 Å². The van der Waals surface area contributed by atoms with E-state index in [1.54, 1.807) is 42.7 Å². The number of hydrogen-bond acceptors (Lipinski definition) is 3. The molecule has 1 aromatic heterocycles. The quantitative estimate of drug-likeness (QED) is 0.831. The van der Waals surface area contributed by atoms with Crippen LogP contribution in [-0.4, -0.2) is 19.3 Å². The van der Waals surface area contributed by atoms with E-state index >= 15 is 0 Å². The van der Waals surface area contributed by atoms with Gasteiger partial charge < -0.3 is 0 Å². The highest BCUT2D eigenvalue weighted by molar-refractivity contribution is 7.89. The van der Waals surface area contributed by atoms with Crippen LogP contribution in [0, 0.1) is 6.92 Å². The number of nitrogens with one attached hydrogen (secondary N) is 1. The molecule has 0 unspecified atom stereocenters. The summed E-state index contributed by atoms with van der Waals surface area (Å²) in [5, 5.41) is 0. The van der Waals surface area contributed by atoms with E-state index in [9.17, 15) is 8.42 Å². The van der Waals surface area contributed by atoms with E-state index in [0.29, 0.717) is 5.88 Å². The van der Waals surface area contributed by atoms with Crippen molar-refractivity contribution in [3.8, 4) is 0 Å². The number of rotatable bonds is 6. The van der Waals surface area contributed by atoms with E-state index in [4.69, 9.17) is 11.6 Å². The van der Waals surface area contributed by atoms with Crippen LogP contribution in [0.1, 0.15) is 16.7 Å². The molecule has 6 heteroatoms. The standard InChI is InChI=1S/C15H17ClN2O2S/c1-12-10-17-9-7-14(12)11-18-21(19,20)15-4-2-13(3-5-15)6-8-16/h2-5,7,9-10,18H,6,8,11H2,1H3. The summed E-state index contributed by atoms with van der Waals surface area (Å²) in [6, 6.07) is 8.58. The lowest BCUT2D eigenvalue weighted by atomic mass is 10.2. The van der Waals surface area contributed by atoms with E-state index in [1.165, 1.54) is 0 Å². The van der Waals surface area contributed by atoms with Gasteiger partial charge in [0.2, 0.25) is 10.0 Å². The van der Waals surface area contributed by atoms with Gasteiger partial charge in [0.15, 0.2) is 0 Å². The van der Waals surface area contributed by atoms with Gasteiger partial charge in [-0.25, -0.2) is 13.1 Å². The molecule has 0 atom stereocenters. The summed E-state index contributed by atoms with van der Waals surface area (Å²) in [6.07, 6.45) is 4.09. The fraction of sp³-hybridized carbons (Fsp3) is 0.267. The number of hydrogen-bond donors (Lipinski definition) is 1. The molecule has 1 aromatic carbocycles. The fourth-order valence-corrected chi connectivity index (χ4v) is 3.13. The first-order chi connectivity index (χ1) is 10.0. The van der Waals surface area contributed by atoms with Crippen LogP contribution in [0.5, 0.6) is 0 Å². The number of sulfonamides is 1. The smallest absolute Gasteiger partial charge is 0.240 e. The first-order valence-electron chi connectivity index (χ1n) is 6.57. The van der Waals surface area contributed by atoms with E-state index in [0.717, 1.165) is 23.1 Å². The van der Waals surface area contributed by atoms with Crippen molar-refractivity contribution in [2.24, 2.45) is 0 Å². The van der Waals surface area contributed by atoms with Gasteiger partial charge in [-0.15, -0.1) is 11.6 Å². The van der Waals surface area contributed by atoms with Gasteiger partial charge in [-0.05, 0) is 48.2 Å². The number of halogens is 1. The molecule has 0 aliphatic heterocycles. The molecule has 0 fully saturated rings. The molecule has 4 nitrogen and oxygen atoms in total. The second kappa shape index (κ2) is 7.02. The van der Waals surface area contributed by atoms with Crippen molar-refractivity contribution < 1.29 is 8.42 Å². The average molecular weight is 325 g/mol. The maximum atomic E-state index is 12.2. The summed E-state index contributed by atoms with van der Waals surface area (Å²) >= 11 is 5.66. The second-order valence-electron chi connectivity index (χ2n) is 4.71. The summed E-state index contributed by atoms with van der Waals surface area (Å²) in [5.41, 5.74) is 2.89. The average Bonchev–Trinajstić information content (AvgIpc) is 2.47. The Labute approximate surface area is 130 Å². The zero-order valence-electron chi connectivity index (χ0n) is 11.7. The molecule has 21 heavy (non-hydrogen) atoms. The van der Waals surface area contributed by atoms with E-state index in [-0.39, 0.29) is 11.4 Å². The van der Waals surface area contributed by atoms with Gasteiger partial charge in [-0.3, -0.25) is 4.98 Å². The number of aromatic nitrogens is 1. The molecule has 1 heterocycles. The van der Waals surface area contributed by atoms with Gasteiger partial charge in [0.25, 0.3) is 0 Å². The van der Waals surface area contributed by atoms with Crippen LogP contribution in [0.3, 0.4) is 0 Å². The normalized spacial score (nSPS) is 11.5. The Morgan fingerprint density at radius 2 is 1.90 bits per heavy atom. The third-order valence-electron chi connectivity index (χ3n) is 3.21. The second-order valence-corrected chi connectivity index (χ2v) is 6.85. The molecule has 0 saturated heterocycles. The van der Waals surface area contributed by atoms with Crippen molar-refractivity contribution in [1.29, 1.82) is 0 Å². The van der Waals surface area contributed by atoms with Gasteiger partial charge >= 0.3 is 0 Å². The van der Waals surface area contributed by atoms with Gasteiger partial charge in [0, 0.05) is 24.8 Å². The van der Waals surface area contributed by atoms with Gasteiger partial charge in [-0.2, -0.15) is 0 Å². The molecule has 1 N–H and O–H groups in total. The predicted octanol–water partition coefficient (Wildman–Crippen LogP) is 2.65. The first-order valence-corrected chi connectivity index (χ1v) is 8.59. The summed E-state index contributed by atoms with van der Waals surface area (Å²) < 4.78 is 27.1. The molecule has 0 bridgehead atoms. The van der Waals surface area contributed by atoms with Gasteiger partial charge in [-0.1, -0.05) is 12.1 Å². The number of benzene rings is 1. The molecule has 0 aliphatic rings. The Morgan fingerprint density at radius 1 is 1.19 bits per heavy atom. The molecule has 0 radical (unpaired) electrons. The third kappa shape index (κ3) is 4.27. The zero-order valence-corrected chi connectivity index (χ0v) is 13.3. The zero-order chi connectivity index (χ0) is 15.3. The lowest BCUT2D eigenvalue weighted by molar-refractivity contribution is 0.581. The van der Waals surface area contributed by atoms with Crippen molar-refractivity contribution in [2.75, 3.05) is 5.88 Å². The largest absolute Gasteiger partial charge is 0.264 e. The highest BCUT2D eigenvalue weighted by atomic mass is 35.5. The van der Waals surface area contributed by atoms with Gasteiger partial charge in [0.1, 0.15) is 0 Å². The molecular formula is C15H17ClN2O2S. The minimum absolute atomic E-state index is 0.250. The fourth-order valence-electron chi connectivity index (χ4n) is 1.90. The lowest BCUT2D eigenvalue weighted by Crippen LogP contribution is -2.23. The molecule has 0 aliphatic carbocycles. The van der Waals surface area contributed by atoms with Crippen molar-refractivity contribution in [3.63, 3.8) is 0 Å². The minimum atomic E-state index is -3.51. The SMILES string of the molecule is Cc1cnccc1CNS(=O)(=O)c1ccc(CCCl)cc1. The summed E-state index contributed by atoms with van der Waals surface area (Å²) in [6.45, 7) is 2.15. The summed E-state index contributed by atoms with van der Waals surface area (Å²) in [4.78, 5) is 4.24. The van der Waals surface area contributed by atoms with E-state index in [2.05, 4.69) is 9.71 Å². The van der Waals surface area contributed by atoms with Crippen molar-refractivity contribution in [1.82, 2.24) is 9.71 Å². The molecule has 0 spiro atoms. The molecule has 2 aromatic rings. The van der Waals surface area contributed by atoms with Crippen molar-refractivity contribution in [2.45, 2.75) is 24.8 Å². The van der Waals surface area contributed by atoms with Crippen LogP contribution in [0.15, 0.2) is 47.6 Å². The Balaban J connectivity index is 2.09. The van der Waals surface area contributed by atoms with Crippen LogP contribution < -0.4 is 4.72 Å². The summed E-state index contributed by atoms with van der Waals surface area (Å²) in [5.74, 6) is 0.520. The number of aryl methyl sites for hydroxylation is 2. The molecule has 0 amide bonds. The Bertz CT molecular complexity index is 700. The number of alkyl halides is 1. The van der Waals surface area contributed by atoms with Crippen LogP contribution in [0.2, 0.25) is 0 Å². The molecule has 2 rings (SSSR count). The van der Waals surface area contributed by atoms with Crippen molar-refractivity contribution in [3.05, 3.63) is 59.4 Å². The van der Waals surface area contributed by atoms with Crippen molar-refractivity contribution >= 4 is 21.6 Å². The highest BCUT2D eigenvalue weighted by Crippen LogP contribution is 2.13. The first kappa shape index (κ1) is 15.9. The molecule has 0 saturated carbocycles. The maximum absolute atomic E-state index is 12.2. The monoisotopic (exact) mass is 324 g/mol. The highest BCUT2D eigenvalue weighted by Gasteiger charge is 2.13. The Morgan fingerprint density at radius 3 is 2.52 bits per heavy atom. The minimum Gasteiger partial charge on any atom is -0.264 e. The molecule has 112 valence electrons. The lowest BCUT2D eigenvalue weighted by Gasteiger charge is -2.09. The van der Waals surface area contributed by atoms with E-state index < -0.39 is 10.0 Å².